The van der Waals surface area contributed by atoms with Gasteiger partial charge < -0.3 is 14.8 Å². The highest BCUT2D eigenvalue weighted by Crippen LogP contribution is 2.43. The Morgan fingerprint density at radius 2 is 2.04 bits per heavy atom. The second-order valence-corrected chi connectivity index (χ2v) is 6.77. The van der Waals surface area contributed by atoms with Gasteiger partial charge in [-0.25, -0.2) is 9.37 Å². The van der Waals surface area contributed by atoms with Crippen LogP contribution in [0, 0.1) is 11.7 Å². The van der Waals surface area contributed by atoms with Crippen molar-refractivity contribution in [3.63, 3.8) is 0 Å². The van der Waals surface area contributed by atoms with Gasteiger partial charge in [0.15, 0.2) is 0 Å². The molecule has 1 aliphatic heterocycles. The second kappa shape index (κ2) is 5.73. The molecule has 0 unspecified atom stereocenters. The lowest BCUT2D eigenvalue weighted by atomic mass is 9.81. The van der Waals surface area contributed by atoms with E-state index in [0.29, 0.717) is 12.0 Å². The van der Waals surface area contributed by atoms with Crippen LogP contribution in [0.1, 0.15) is 43.7 Å². The minimum Gasteiger partial charge on any atom is -0.393 e. The number of imidazole rings is 1. The van der Waals surface area contributed by atoms with Crippen molar-refractivity contribution in [2.45, 2.75) is 50.4 Å². The van der Waals surface area contributed by atoms with Gasteiger partial charge in [0.2, 0.25) is 0 Å². The van der Waals surface area contributed by atoms with Crippen LogP contribution in [-0.4, -0.2) is 32.0 Å². The normalized spacial score (nSPS) is 27.5. The number of rotatable bonds is 3. The number of halogens is 1. The van der Waals surface area contributed by atoms with Crippen molar-refractivity contribution in [3.8, 4) is 11.3 Å². The van der Waals surface area contributed by atoms with Crippen molar-refractivity contribution < 1.29 is 14.6 Å². The van der Waals surface area contributed by atoms with E-state index < -0.39 is 6.10 Å². The van der Waals surface area contributed by atoms with Crippen molar-refractivity contribution in [1.29, 1.82) is 0 Å². The third-order valence-corrected chi connectivity index (χ3v) is 5.41. The Morgan fingerprint density at radius 3 is 2.83 bits per heavy atom. The number of aromatic nitrogens is 2. The molecule has 0 amide bonds. The monoisotopic (exact) mass is 316 g/mol. The smallest absolute Gasteiger partial charge is 0.129 e. The molecule has 1 aromatic carbocycles. The van der Waals surface area contributed by atoms with Crippen LogP contribution in [0.3, 0.4) is 0 Å². The number of aliphatic hydroxyl groups is 2. The van der Waals surface area contributed by atoms with Gasteiger partial charge >= 0.3 is 0 Å². The summed E-state index contributed by atoms with van der Waals surface area (Å²) in [6.45, 7) is 0. The highest BCUT2D eigenvalue weighted by atomic mass is 19.1. The Labute approximate surface area is 134 Å². The van der Waals surface area contributed by atoms with Crippen LogP contribution < -0.4 is 0 Å². The zero-order valence-electron chi connectivity index (χ0n) is 12.9. The van der Waals surface area contributed by atoms with Crippen LogP contribution in [0.2, 0.25) is 0 Å². The van der Waals surface area contributed by atoms with Gasteiger partial charge in [-0.15, -0.1) is 0 Å². The Bertz CT molecular complexity index is 707. The van der Waals surface area contributed by atoms with Crippen molar-refractivity contribution in [3.05, 3.63) is 42.1 Å². The predicted octanol–water partition coefficient (Wildman–Crippen LogP) is 2.89. The SMILES string of the molecule is OC1CCC([C@@H](O)C[C@@H]2c3c(F)cccc3-c3cncn32)CC1. The third kappa shape index (κ3) is 2.48. The van der Waals surface area contributed by atoms with E-state index in [9.17, 15) is 14.6 Å². The number of nitrogens with zero attached hydrogens (tertiary/aromatic N) is 2. The fourth-order valence-electron chi connectivity index (χ4n) is 4.14. The van der Waals surface area contributed by atoms with Gasteiger partial charge in [-0.3, -0.25) is 0 Å². The lowest BCUT2D eigenvalue weighted by Crippen LogP contribution is -2.29. The van der Waals surface area contributed by atoms with Crippen LogP contribution in [0.4, 0.5) is 4.39 Å². The fraction of sp³-hybridized carbons (Fsp3) is 0.500. The summed E-state index contributed by atoms with van der Waals surface area (Å²) < 4.78 is 16.3. The predicted molar refractivity (Wildman–Crippen MR) is 84.3 cm³/mol. The number of aliphatic hydroxyl groups excluding tert-OH is 2. The average molecular weight is 316 g/mol. The molecule has 2 aromatic rings. The third-order valence-electron chi connectivity index (χ3n) is 5.41. The molecule has 4 rings (SSSR count). The highest BCUT2D eigenvalue weighted by Gasteiger charge is 2.35. The first-order valence-electron chi connectivity index (χ1n) is 8.32. The minimum atomic E-state index is -0.492. The van der Waals surface area contributed by atoms with E-state index in [1.165, 1.54) is 6.07 Å². The summed E-state index contributed by atoms with van der Waals surface area (Å²) in [6.07, 6.45) is 6.38. The van der Waals surface area contributed by atoms with Crippen molar-refractivity contribution >= 4 is 0 Å². The molecule has 0 radical (unpaired) electrons. The molecular weight excluding hydrogens is 295 g/mol. The van der Waals surface area contributed by atoms with E-state index in [2.05, 4.69) is 4.98 Å². The van der Waals surface area contributed by atoms with Crippen LogP contribution in [0.15, 0.2) is 30.7 Å². The molecule has 122 valence electrons. The van der Waals surface area contributed by atoms with Gasteiger partial charge in [0.1, 0.15) is 5.82 Å². The molecule has 1 saturated carbocycles. The summed E-state index contributed by atoms with van der Waals surface area (Å²) in [4.78, 5) is 4.18. The standard InChI is InChI=1S/C18H21FN2O2/c19-14-3-1-2-13-16-9-20-10-21(16)15(18(13)14)8-17(23)11-4-6-12(22)7-5-11/h1-3,9-12,15,17,22-23H,4-8H2/t11?,12?,15-,17+/m1/s1. The zero-order chi connectivity index (χ0) is 16.0. The van der Waals surface area contributed by atoms with Gasteiger partial charge in [-0.05, 0) is 44.1 Å². The van der Waals surface area contributed by atoms with Crippen LogP contribution in [-0.2, 0) is 0 Å². The first-order valence-corrected chi connectivity index (χ1v) is 8.32. The van der Waals surface area contributed by atoms with Crippen molar-refractivity contribution in [2.24, 2.45) is 5.92 Å². The largest absolute Gasteiger partial charge is 0.393 e. The maximum atomic E-state index is 14.4. The molecule has 0 saturated heterocycles. The highest BCUT2D eigenvalue weighted by molar-refractivity contribution is 5.69. The molecule has 5 heteroatoms. The van der Waals surface area contributed by atoms with Gasteiger partial charge in [-0.1, -0.05) is 12.1 Å². The summed E-state index contributed by atoms with van der Waals surface area (Å²) in [5, 5.41) is 20.3. The van der Waals surface area contributed by atoms with Gasteiger partial charge in [-0.2, -0.15) is 0 Å². The molecule has 2 heterocycles. The van der Waals surface area contributed by atoms with E-state index in [0.717, 1.165) is 36.9 Å². The molecule has 2 aliphatic rings. The zero-order valence-corrected chi connectivity index (χ0v) is 12.9. The van der Waals surface area contributed by atoms with Crippen LogP contribution in [0.25, 0.3) is 11.3 Å². The number of fused-ring (bicyclic) bond motifs is 3. The topological polar surface area (TPSA) is 58.3 Å². The molecule has 1 aromatic heterocycles. The first-order chi connectivity index (χ1) is 11.1. The molecule has 0 bridgehead atoms. The van der Waals surface area contributed by atoms with Gasteiger partial charge in [0.25, 0.3) is 0 Å². The lowest BCUT2D eigenvalue weighted by Gasteiger charge is -2.31. The molecule has 2 atom stereocenters. The maximum Gasteiger partial charge on any atom is 0.129 e. The summed E-state index contributed by atoms with van der Waals surface area (Å²) in [5.41, 5.74) is 2.45. The Kier molecular flexibility index (Phi) is 3.70. The van der Waals surface area contributed by atoms with E-state index in [4.69, 9.17) is 0 Å². The van der Waals surface area contributed by atoms with E-state index in [1.807, 2.05) is 10.6 Å². The first kappa shape index (κ1) is 14.8. The van der Waals surface area contributed by atoms with Crippen molar-refractivity contribution in [2.75, 3.05) is 0 Å². The number of hydrogen-bond acceptors (Lipinski definition) is 3. The quantitative estimate of drug-likeness (QED) is 0.915. The Morgan fingerprint density at radius 1 is 1.26 bits per heavy atom. The summed E-state index contributed by atoms with van der Waals surface area (Å²) in [7, 11) is 0. The van der Waals surface area contributed by atoms with Gasteiger partial charge in [0.05, 0.1) is 36.5 Å². The number of hydrogen-bond donors (Lipinski definition) is 2. The van der Waals surface area contributed by atoms with E-state index in [-0.39, 0.29) is 23.9 Å². The summed E-state index contributed by atoms with van der Waals surface area (Å²) in [6, 6.07) is 4.91. The minimum absolute atomic E-state index is 0.182. The maximum absolute atomic E-state index is 14.4. The fourth-order valence-corrected chi connectivity index (χ4v) is 4.14. The van der Waals surface area contributed by atoms with Gasteiger partial charge in [0, 0.05) is 11.1 Å². The molecule has 1 fully saturated rings. The summed E-state index contributed by atoms with van der Waals surface area (Å²) >= 11 is 0. The van der Waals surface area contributed by atoms with E-state index in [1.54, 1.807) is 18.6 Å². The molecule has 0 spiro atoms. The van der Waals surface area contributed by atoms with Crippen LogP contribution in [0.5, 0.6) is 0 Å². The Hall–Kier alpha value is -1.72. The molecular formula is C18H21FN2O2. The van der Waals surface area contributed by atoms with E-state index >= 15 is 0 Å². The molecule has 1 aliphatic carbocycles. The molecule has 2 N–H and O–H groups in total. The lowest BCUT2D eigenvalue weighted by molar-refractivity contribution is 0.0328. The Balaban J connectivity index is 1.60. The van der Waals surface area contributed by atoms with Crippen molar-refractivity contribution in [1.82, 2.24) is 9.55 Å². The summed E-state index contributed by atoms with van der Waals surface area (Å²) in [5.74, 6) is -0.0383. The molecule has 4 nitrogen and oxygen atoms in total. The second-order valence-electron chi connectivity index (χ2n) is 6.77. The molecule has 23 heavy (non-hydrogen) atoms. The van der Waals surface area contributed by atoms with Crippen LogP contribution >= 0.6 is 0 Å². The average Bonchev–Trinajstić information content (AvgIpc) is 3.12. The number of benzene rings is 1.